The van der Waals surface area contributed by atoms with Gasteiger partial charge in [0, 0.05) is 35.3 Å². The minimum Gasteiger partial charge on any atom is -0.378 e. The first-order valence-corrected chi connectivity index (χ1v) is 10.2. The predicted molar refractivity (Wildman–Crippen MR) is 112 cm³/mol. The van der Waals surface area contributed by atoms with Crippen molar-refractivity contribution in [2.75, 3.05) is 36.1 Å². The van der Waals surface area contributed by atoms with E-state index in [1.165, 1.54) is 16.7 Å². The number of amides is 2. The van der Waals surface area contributed by atoms with Crippen molar-refractivity contribution in [1.29, 1.82) is 0 Å². The lowest BCUT2D eigenvalue weighted by molar-refractivity contribution is -0.124. The molecule has 4 rings (SSSR count). The summed E-state index contributed by atoms with van der Waals surface area (Å²) in [4.78, 5) is 29.7. The van der Waals surface area contributed by atoms with Crippen LogP contribution in [0.15, 0.2) is 66.1 Å². The van der Waals surface area contributed by atoms with E-state index >= 15 is 0 Å². The topological polar surface area (TPSA) is 49.9 Å². The van der Waals surface area contributed by atoms with Crippen LogP contribution in [0.5, 0.6) is 0 Å². The lowest BCUT2D eigenvalue weighted by atomic mass is 10.1. The Balaban J connectivity index is 1.62. The molecule has 2 heterocycles. The molecule has 0 saturated carbocycles. The summed E-state index contributed by atoms with van der Waals surface area (Å²) in [6.45, 7) is 6.82. The summed E-state index contributed by atoms with van der Waals surface area (Å²) in [6, 6.07) is 15.9. The Hall–Kier alpha value is -2.57. The van der Waals surface area contributed by atoms with E-state index in [2.05, 4.69) is 35.7 Å². The number of thioether (sulfide) groups is 1. The quantitative estimate of drug-likeness (QED) is 0.741. The Bertz CT molecular complexity index is 891. The summed E-state index contributed by atoms with van der Waals surface area (Å²) < 4.78 is 5.42. The van der Waals surface area contributed by atoms with Crippen LogP contribution in [0.25, 0.3) is 0 Å². The minimum atomic E-state index is -0.388. The van der Waals surface area contributed by atoms with E-state index in [1.54, 1.807) is 11.8 Å². The minimum absolute atomic E-state index is 0.0463. The standard InChI is InChI=1S/C22H22N2O3S/c1-2-21(25)24-18-5-3-4-6-19(18)28-20(15-22(24)26)16-7-9-17(10-8-16)23-11-13-27-14-12-23/h2-10,20H,1,11-15H2. The number of imide groups is 1. The van der Waals surface area contributed by atoms with Crippen LogP contribution < -0.4 is 9.80 Å². The van der Waals surface area contributed by atoms with Gasteiger partial charge in [0.25, 0.3) is 5.91 Å². The second-order valence-corrected chi connectivity index (χ2v) is 7.99. The third kappa shape index (κ3) is 3.70. The smallest absolute Gasteiger partial charge is 0.257 e. The van der Waals surface area contributed by atoms with E-state index in [0.29, 0.717) is 5.69 Å². The molecule has 0 bridgehead atoms. The van der Waals surface area contributed by atoms with Crippen LogP contribution in [0.1, 0.15) is 17.2 Å². The number of hydrogen-bond acceptors (Lipinski definition) is 5. The van der Waals surface area contributed by atoms with E-state index in [4.69, 9.17) is 4.74 Å². The van der Waals surface area contributed by atoms with Gasteiger partial charge in [-0.1, -0.05) is 30.8 Å². The van der Waals surface area contributed by atoms with E-state index in [-0.39, 0.29) is 23.5 Å². The zero-order valence-electron chi connectivity index (χ0n) is 15.5. The van der Waals surface area contributed by atoms with Crippen molar-refractivity contribution in [3.63, 3.8) is 0 Å². The number of para-hydroxylation sites is 1. The highest BCUT2D eigenvalue weighted by Gasteiger charge is 2.31. The van der Waals surface area contributed by atoms with Gasteiger partial charge in [0.1, 0.15) is 0 Å². The second-order valence-electron chi connectivity index (χ2n) is 6.74. The number of benzene rings is 2. The van der Waals surface area contributed by atoms with Crippen LogP contribution in [0, 0.1) is 0 Å². The molecule has 2 aromatic carbocycles. The van der Waals surface area contributed by atoms with Crippen molar-refractivity contribution in [1.82, 2.24) is 0 Å². The lowest BCUT2D eigenvalue weighted by Crippen LogP contribution is -2.36. The van der Waals surface area contributed by atoms with Crippen LogP contribution in [0.2, 0.25) is 0 Å². The molecule has 0 radical (unpaired) electrons. The number of fused-ring (bicyclic) bond motifs is 1. The van der Waals surface area contributed by atoms with Crippen LogP contribution in [0.3, 0.4) is 0 Å². The normalized spacial score (nSPS) is 19.7. The number of nitrogens with zero attached hydrogens (tertiary/aromatic N) is 2. The van der Waals surface area contributed by atoms with E-state index in [9.17, 15) is 9.59 Å². The third-order valence-corrected chi connectivity index (χ3v) is 6.34. The number of rotatable bonds is 3. The van der Waals surface area contributed by atoms with Gasteiger partial charge in [0.15, 0.2) is 0 Å². The van der Waals surface area contributed by atoms with Crippen molar-refractivity contribution >= 4 is 35.0 Å². The van der Waals surface area contributed by atoms with Crippen LogP contribution in [-0.2, 0) is 14.3 Å². The average Bonchev–Trinajstić information content (AvgIpc) is 2.90. The maximum atomic E-state index is 12.9. The van der Waals surface area contributed by atoms with Gasteiger partial charge in [0.05, 0.1) is 18.9 Å². The molecule has 2 aliphatic rings. The fraction of sp³-hybridized carbons (Fsp3) is 0.273. The van der Waals surface area contributed by atoms with Gasteiger partial charge in [-0.15, -0.1) is 11.8 Å². The predicted octanol–water partition coefficient (Wildman–Crippen LogP) is 3.81. The molecule has 1 unspecified atom stereocenters. The molecule has 0 aromatic heterocycles. The maximum absolute atomic E-state index is 12.9. The van der Waals surface area contributed by atoms with Gasteiger partial charge in [-0.05, 0) is 35.9 Å². The highest BCUT2D eigenvalue weighted by atomic mass is 32.2. The van der Waals surface area contributed by atoms with Crippen molar-refractivity contribution < 1.29 is 14.3 Å². The van der Waals surface area contributed by atoms with E-state index in [0.717, 1.165) is 36.8 Å². The first kappa shape index (κ1) is 18.8. The van der Waals surface area contributed by atoms with E-state index < -0.39 is 0 Å². The van der Waals surface area contributed by atoms with Crippen LogP contribution >= 0.6 is 11.8 Å². The van der Waals surface area contributed by atoms with Crippen molar-refractivity contribution in [2.24, 2.45) is 0 Å². The van der Waals surface area contributed by atoms with Gasteiger partial charge in [-0.25, -0.2) is 4.90 Å². The molecule has 6 heteroatoms. The molecule has 2 aliphatic heterocycles. The Kier molecular flexibility index (Phi) is 5.50. The zero-order chi connectivity index (χ0) is 19.5. The molecule has 0 N–H and O–H groups in total. The largest absolute Gasteiger partial charge is 0.378 e. The van der Waals surface area contributed by atoms with Crippen molar-refractivity contribution in [3.8, 4) is 0 Å². The molecule has 2 aromatic rings. The highest BCUT2D eigenvalue weighted by Crippen LogP contribution is 2.45. The molecule has 2 amide bonds. The van der Waals surface area contributed by atoms with Gasteiger partial charge in [-0.3, -0.25) is 9.59 Å². The average molecular weight is 394 g/mol. The SMILES string of the molecule is C=CC(=O)N1C(=O)CC(c2ccc(N3CCOCC3)cc2)Sc2ccccc21. The fourth-order valence-electron chi connectivity index (χ4n) is 3.56. The van der Waals surface area contributed by atoms with Crippen molar-refractivity contribution in [2.45, 2.75) is 16.6 Å². The summed E-state index contributed by atoms with van der Waals surface area (Å²) in [5, 5.41) is -0.0463. The second kappa shape index (κ2) is 8.20. The molecule has 0 spiro atoms. The van der Waals surface area contributed by atoms with Gasteiger partial charge >= 0.3 is 0 Å². The Morgan fingerprint density at radius 2 is 1.82 bits per heavy atom. The lowest BCUT2D eigenvalue weighted by Gasteiger charge is -2.29. The monoisotopic (exact) mass is 394 g/mol. The first-order chi connectivity index (χ1) is 13.7. The maximum Gasteiger partial charge on any atom is 0.257 e. The summed E-state index contributed by atoms with van der Waals surface area (Å²) in [5.74, 6) is -0.592. The van der Waals surface area contributed by atoms with Crippen LogP contribution in [0.4, 0.5) is 11.4 Å². The van der Waals surface area contributed by atoms with Gasteiger partial charge in [-0.2, -0.15) is 0 Å². The third-order valence-electron chi connectivity index (χ3n) is 5.02. The number of ether oxygens (including phenoxy) is 1. The number of hydrogen-bond donors (Lipinski definition) is 0. The molecule has 0 aliphatic carbocycles. The molecule has 5 nitrogen and oxygen atoms in total. The summed E-state index contributed by atoms with van der Waals surface area (Å²) in [6.07, 6.45) is 1.45. The van der Waals surface area contributed by atoms with Gasteiger partial charge in [0.2, 0.25) is 5.91 Å². The molecule has 1 fully saturated rings. The Morgan fingerprint density at radius 3 is 2.54 bits per heavy atom. The summed E-state index contributed by atoms with van der Waals surface area (Å²) >= 11 is 1.63. The van der Waals surface area contributed by atoms with E-state index in [1.807, 2.05) is 24.3 Å². The molecule has 1 saturated heterocycles. The summed E-state index contributed by atoms with van der Waals surface area (Å²) in [7, 11) is 0. The molecule has 144 valence electrons. The zero-order valence-corrected chi connectivity index (χ0v) is 16.4. The number of morpholine rings is 1. The first-order valence-electron chi connectivity index (χ1n) is 9.35. The van der Waals surface area contributed by atoms with Gasteiger partial charge < -0.3 is 9.64 Å². The van der Waals surface area contributed by atoms with Crippen LogP contribution in [-0.4, -0.2) is 38.1 Å². The summed E-state index contributed by atoms with van der Waals surface area (Å²) in [5.41, 5.74) is 2.88. The fourth-order valence-corrected chi connectivity index (χ4v) is 4.82. The molecule has 1 atom stereocenters. The number of carbonyl (C=O) groups is 2. The molecular weight excluding hydrogens is 372 g/mol. The molecule has 28 heavy (non-hydrogen) atoms. The van der Waals surface area contributed by atoms with Crippen molar-refractivity contribution in [3.05, 3.63) is 66.7 Å². The number of carbonyl (C=O) groups excluding carboxylic acids is 2. The Labute approximate surface area is 169 Å². The highest BCUT2D eigenvalue weighted by molar-refractivity contribution is 7.99. The molecular formula is C22H22N2O3S. The Morgan fingerprint density at radius 1 is 1.11 bits per heavy atom. The number of anilines is 2.